The molecule has 0 amide bonds. The van der Waals surface area contributed by atoms with Crippen LogP contribution in [0.5, 0.6) is 0 Å². The van der Waals surface area contributed by atoms with Crippen molar-refractivity contribution in [1.82, 2.24) is 25.1 Å². The Hall–Kier alpha value is -4.32. The summed E-state index contributed by atoms with van der Waals surface area (Å²) in [5.41, 5.74) is 7.98. The summed E-state index contributed by atoms with van der Waals surface area (Å²) in [4.78, 5) is 12.4. The van der Waals surface area contributed by atoms with E-state index in [2.05, 4.69) is 37.8 Å². The number of nitrogens with one attached hydrogen (secondary N) is 2. The van der Waals surface area contributed by atoms with Crippen molar-refractivity contribution < 1.29 is 4.39 Å². The molecule has 156 valence electrons. The van der Waals surface area contributed by atoms with Gasteiger partial charge in [-0.25, -0.2) is 9.37 Å². The summed E-state index contributed by atoms with van der Waals surface area (Å²) in [5, 5.41) is 8.38. The van der Waals surface area contributed by atoms with Gasteiger partial charge in [-0.1, -0.05) is 36.9 Å². The van der Waals surface area contributed by atoms with Crippen molar-refractivity contribution >= 4 is 16.6 Å². The van der Waals surface area contributed by atoms with Crippen molar-refractivity contribution in [1.29, 1.82) is 0 Å². The Morgan fingerprint density at radius 3 is 2.66 bits per heavy atom. The van der Waals surface area contributed by atoms with E-state index in [1.165, 1.54) is 12.1 Å². The van der Waals surface area contributed by atoms with E-state index >= 15 is 0 Å². The molecule has 1 aromatic carbocycles. The molecular weight excluding hydrogens is 401 g/mol. The first-order valence-electron chi connectivity index (χ1n) is 10.2. The van der Waals surface area contributed by atoms with Gasteiger partial charge in [0.15, 0.2) is 5.65 Å². The maximum absolute atomic E-state index is 13.4. The van der Waals surface area contributed by atoms with E-state index in [4.69, 9.17) is 0 Å². The Kier molecular flexibility index (Phi) is 4.95. The van der Waals surface area contributed by atoms with Gasteiger partial charge in [-0.05, 0) is 54.5 Å². The SMILES string of the molecule is C=C/C=C(/c1ccc(F)cc1)c1cc(-c2[nH]nc3ncc(-c4ccccn4)cc23)[nH]c1C. The molecule has 0 fully saturated rings. The van der Waals surface area contributed by atoms with E-state index in [0.717, 1.165) is 50.4 Å². The molecule has 0 saturated carbocycles. The van der Waals surface area contributed by atoms with Crippen LogP contribution in [0.25, 0.3) is 39.3 Å². The molecule has 0 aliphatic carbocycles. The average Bonchev–Trinajstić information content (AvgIpc) is 3.41. The first-order valence-corrected chi connectivity index (χ1v) is 10.2. The first-order chi connectivity index (χ1) is 15.6. The lowest BCUT2D eigenvalue weighted by Gasteiger charge is -2.07. The van der Waals surface area contributed by atoms with E-state index in [1.54, 1.807) is 30.6 Å². The highest BCUT2D eigenvalue weighted by atomic mass is 19.1. The second kappa shape index (κ2) is 8.07. The number of allylic oxidation sites excluding steroid dienone is 2. The number of aromatic amines is 2. The van der Waals surface area contributed by atoms with Crippen LogP contribution >= 0.6 is 0 Å². The molecule has 0 bridgehead atoms. The highest BCUT2D eigenvalue weighted by Crippen LogP contribution is 2.33. The Morgan fingerprint density at radius 1 is 1.06 bits per heavy atom. The third-order valence-electron chi connectivity index (χ3n) is 5.38. The van der Waals surface area contributed by atoms with Crippen LogP contribution in [0.1, 0.15) is 16.8 Å². The van der Waals surface area contributed by atoms with E-state index in [9.17, 15) is 4.39 Å². The number of rotatable bonds is 5. The second-order valence-electron chi connectivity index (χ2n) is 7.45. The van der Waals surface area contributed by atoms with Crippen LogP contribution in [-0.2, 0) is 0 Å². The summed E-state index contributed by atoms with van der Waals surface area (Å²) in [7, 11) is 0. The molecule has 5 aromatic rings. The Labute approximate surface area is 184 Å². The third-order valence-corrected chi connectivity index (χ3v) is 5.38. The maximum Gasteiger partial charge on any atom is 0.181 e. The Bertz CT molecular complexity index is 1440. The fourth-order valence-corrected chi connectivity index (χ4v) is 3.84. The number of hydrogen-bond acceptors (Lipinski definition) is 3. The number of nitrogens with zero attached hydrogens (tertiary/aromatic N) is 3. The molecule has 0 aliphatic rings. The predicted molar refractivity (Wildman–Crippen MR) is 125 cm³/mol. The van der Waals surface area contributed by atoms with Crippen LogP contribution in [0.3, 0.4) is 0 Å². The fraction of sp³-hybridized carbons (Fsp3) is 0.0385. The minimum absolute atomic E-state index is 0.265. The maximum atomic E-state index is 13.4. The second-order valence-corrected chi connectivity index (χ2v) is 7.45. The van der Waals surface area contributed by atoms with Crippen LogP contribution in [0.2, 0.25) is 0 Å². The Morgan fingerprint density at radius 2 is 1.91 bits per heavy atom. The van der Waals surface area contributed by atoms with Gasteiger partial charge >= 0.3 is 0 Å². The highest BCUT2D eigenvalue weighted by molar-refractivity contribution is 5.93. The molecule has 4 heterocycles. The van der Waals surface area contributed by atoms with Gasteiger partial charge in [-0.3, -0.25) is 10.1 Å². The number of H-pyrrole nitrogens is 2. The van der Waals surface area contributed by atoms with E-state index in [0.29, 0.717) is 5.65 Å². The van der Waals surface area contributed by atoms with E-state index in [1.807, 2.05) is 37.3 Å². The monoisotopic (exact) mass is 421 g/mol. The molecule has 5 rings (SSSR count). The van der Waals surface area contributed by atoms with Crippen LogP contribution in [0, 0.1) is 12.7 Å². The van der Waals surface area contributed by atoms with Gasteiger partial charge in [0.2, 0.25) is 0 Å². The molecule has 5 nitrogen and oxygen atoms in total. The molecule has 32 heavy (non-hydrogen) atoms. The molecule has 0 radical (unpaired) electrons. The van der Waals surface area contributed by atoms with Gasteiger partial charge < -0.3 is 4.98 Å². The van der Waals surface area contributed by atoms with Gasteiger partial charge in [0, 0.05) is 34.6 Å². The van der Waals surface area contributed by atoms with Crippen LogP contribution in [0.15, 0.2) is 85.7 Å². The molecule has 0 atom stereocenters. The third kappa shape index (κ3) is 3.52. The van der Waals surface area contributed by atoms with Crippen LogP contribution in [0.4, 0.5) is 4.39 Å². The van der Waals surface area contributed by atoms with Crippen molar-refractivity contribution in [3.8, 4) is 22.6 Å². The number of hydrogen-bond donors (Lipinski definition) is 2. The predicted octanol–water partition coefficient (Wildman–Crippen LogP) is 6.08. The molecule has 0 aliphatic heterocycles. The number of fused-ring (bicyclic) bond motifs is 1. The van der Waals surface area contributed by atoms with Gasteiger partial charge in [-0.2, -0.15) is 5.10 Å². The zero-order valence-electron chi connectivity index (χ0n) is 17.4. The standard InChI is InChI=1S/C26H20FN5/c1-3-6-20(17-8-10-19(27)11-9-17)21-14-24(30-16(21)2)25-22-13-18(15-29-26(22)32-31-25)23-7-4-5-12-28-23/h3-15,30H,1H2,2H3,(H,29,31,32)/b20-6-. The largest absolute Gasteiger partial charge is 0.357 e. The molecule has 0 spiro atoms. The van der Waals surface area contributed by atoms with Gasteiger partial charge in [0.1, 0.15) is 5.82 Å². The van der Waals surface area contributed by atoms with Crippen LogP contribution in [-0.4, -0.2) is 25.1 Å². The van der Waals surface area contributed by atoms with Crippen molar-refractivity contribution in [2.45, 2.75) is 6.92 Å². The topological polar surface area (TPSA) is 70.2 Å². The van der Waals surface area contributed by atoms with Crippen molar-refractivity contribution in [2.24, 2.45) is 0 Å². The van der Waals surface area contributed by atoms with E-state index in [-0.39, 0.29) is 5.82 Å². The highest BCUT2D eigenvalue weighted by Gasteiger charge is 2.16. The van der Waals surface area contributed by atoms with E-state index < -0.39 is 0 Å². The number of benzene rings is 1. The Balaban J connectivity index is 1.61. The summed E-state index contributed by atoms with van der Waals surface area (Å²) in [6.45, 7) is 5.85. The lowest BCUT2D eigenvalue weighted by atomic mass is 9.97. The van der Waals surface area contributed by atoms with Crippen molar-refractivity contribution in [3.05, 3.63) is 108 Å². The molecule has 6 heteroatoms. The molecule has 2 N–H and O–H groups in total. The number of halogens is 1. The van der Waals surface area contributed by atoms with Gasteiger partial charge in [-0.15, -0.1) is 0 Å². The number of aryl methyl sites for hydroxylation is 1. The van der Waals surface area contributed by atoms with Crippen LogP contribution < -0.4 is 0 Å². The summed E-state index contributed by atoms with van der Waals surface area (Å²) < 4.78 is 13.4. The lowest BCUT2D eigenvalue weighted by Crippen LogP contribution is -1.89. The fourth-order valence-electron chi connectivity index (χ4n) is 3.84. The van der Waals surface area contributed by atoms with Gasteiger partial charge in [0.25, 0.3) is 0 Å². The normalized spacial score (nSPS) is 11.8. The summed E-state index contributed by atoms with van der Waals surface area (Å²) in [5.74, 6) is -0.265. The minimum Gasteiger partial charge on any atom is -0.357 e. The summed E-state index contributed by atoms with van der Waals surface area (Å²) in [6.07, 6.45) is 7.21. The smallest absolute Gasteiger partial charge is 0.181 e. The van der Waals surface area contributed by atoms with Crippen molar-refractivity contribution in [2.75, 3.05) is 0 Å². The zero-order valence-corrected chi connectivity index (χ0v) is 17.4. The first kappa shape index (κ1) is 19.6. The number of pyridine rings is 2. The molecule has 4 aromatic heterocycles. The van der Waals surface area contributed by atoms with Gasteiger partial charge in [0.05, 0.1) is 17.1 Å². The molecule has 0 unspecified atom stereocenters. The summed E-state index contributed by atoms with van der Waals surface area (Å²) in [6, 6.07) is 16.4. The zero-order chi connectivity index (χ0) is 22.1. The molecular formula is C26H20FN5. The quantitative estimate of drug-likeness (QED) is 0.338. The number of aromatic nitrogens is 5. The summed E-state index contributed by atoms with van der Waals surface area (Å²) >= 11 is 0. The minimum atomic E-state index is -0.265. The molecule has 0 saturated heterocycles. The average molecular weight is 421 g/mol. The lowest BCUT2D eigenvalue weighted by molar-refractivity contribution is 0.627. The van der Waals surface area contributed by atoms with Crippen molar-refractivity contribution in [3.63, 3.8) is 0 Å².